The van der Waals surface area contributed by atoms with Crippen LogP contribution in [0.5, 0.6) is 5.75 Å². The largest absolute Gasteiger partial charge is 0.497 e. The maximum Gasteiger partial charge on any atom is 0.158 e. The van der Waals surface area contributed by atoms with Gasteiger partial charge in [0.1, 0.15) is 5.75 Å². The van der Waals surface area contributed by atoms with Crippen molar-refractivity contribution in [3.05, 3.63) is 42.0 Å². The summed E-state index contributed by atoms with van der Waals surface area (Å²) in [5.41, 5.74) is 0.721. The number of hydrogen-bond donors (Lipinski definition) is 1. The number of aliphatic hydroxyl groups is 1. The third kappa shape index (κ3) is 3.51. The molecule has 1 atom stereocenters. The van der Waals surface area contributed by atoms with Gasteiger partial charge in [-0.3, -0.25) is 4.79 Å². The van der Waals surface area contributed by atoms with Crippen molar-refractivity contribution in [1.82, 2.24) is 0 Å². The number of carbonyl (C=O) groups excluding carboxylic acids is 1. The fraction of sp³-hybridized carbons (Fsp3) is 0.308. The second-order valence-electron chi connectivity index (χ2n) is 3.46. The molecule has 0 aliphatic rings. The quantitative estimate of drug-likeness (QED) is 0.774. The van der Waals surface area contributed by atoms with Crippen LogP contribution in [-0.4, -0.2) is 18.0 Å². The SMILES string of the molecule is C/C=C/C(=O)CC(O)c1ccc(OC)cc1. The first-order valence-electron chi connectivity index (χ1n) is 5.15. The molecular formula is C13H16O3. The molecule has 0 heterocycles. The molecule has 0 amide bonds. The van der Waals surface area contributed by atoms with Crippen molar-refractivity contribution in [3.63, 3.8) is 0 Å². The highest BCUT2D eigenvalue weighted by atomic mass is 16.5. The number of hydrogen-bond acceptors (Lipinski definition) is 3. The molecule has 3 heteroatoms. The van der Waals surface area contributed by atoms with Gasteiger partial charge in [-0.2, -0.15) is 0 Å². The van der Waals surface area contributed by atoms with E-state index in [1.165, 1.54) is 6.08 Å². The number of carbonyl (C=O) groups is 1. The Balaban J connectivity index is 2.65. The fourth-order valence-corrected chi connectivity index (χ4v) is 1.39. The number of benzene rings is 1. The Labute approximate surface area is 95.4 Å². The molecule has 0 fully saturated rings. The first kappa shape index (κ1) is 12.5. The smallest absolute Gasteiger partial charge is 0.158 e. The molecule has 1 aromatic rings. The van der Waals surface area contributed by atoms with Crippen LogP contribution in [0.25, 0.3) is 0 Å². The first-order valence-corrected chi connectivity index (χ1v) is 5.15. The minimum Gasteiger partial charge on any atom is -0.497 e. The molecule has 16 heavy (non-hydrogen) atoms. The summed E-state index contributed by atoms with van der Waals surface area (Å²) in [4.78, 5) is 11.3. The lowest BCUT2D eigenvalue weighted by Gasteiger charge is -2.09. The average Bonchev–Trinajstić information content (AvgIpc) is 2.29. The number of rotatable bonds is 5. The molecule has 1 aromatic carbocycles. The third-order valence-electron chi connectivity index (χ3n) is 2.25. The second-order valence-corrected chi connectivity index (χ2v) is 3.46. The zero-order valence-corrected chi connectivity index (χ0v) is 9.51. The molecule has 0 aliphatic heterocycles. The van der Waals surface area contributed by atoms with Crippen molar-refractivity contribution >= 4 is 5.78 Å². The molecule has 1 unspecified atom stereocenters. The van der Waals surface area contributed by atoms with E-state index in [1.54, 1.807) is 44.4 Å². The van der Waals surface area contributed by atoms with E-state index in [-0.39, 0.29) is 12.2 Å². The van der Waals surface area contributed by atoms with Crippen LogP contribution < -0.4 is 4.74 Å². The lowest BCUT2D eigenvalue weighted by Crippen LogP contribution is -2.04. The molecule has 0 aromatic heterocycles. The van der Waals surface area contributed by atoms with E-state index >= 15 is 0 Å². The number of aliphatic hydroxyl groups excluding tert-OH is 1. The van der Waals surface area contributed by atoms with Gasteiger partial charge in [0.15, 0.2) is 5.78 Å². The molecule has 1 rings (SSSR count). The van der Waals surface area contributed by atoms with Gasteiger partial charge in [-0.05, 0) is 30.7 Å². The lowest BCUT2D eigenvalue weighted by atomic mass is 10.0. The Hall–Kier alpha value is -1.61. The van der Waals surface area contributed by atoms with Crippen LogP contribution in [0.2, 0.25) is 0 Å². The highest BCUT2D eigenvalue weighted by Crippen LogP contribution is 2.20. The summed E-state index contributed by atoms with van der Waals surface area (Å²) in [6.07, 6.45) is 2.49. The van der Waals surface area contributed by atoms with Gasteiger partial charge in [0, 0.05) is 6.42 Å². The van der Waals surface area contributed by atoms with Crippen molar-refractivity contribution in [2.75, 3.05) is 7.11 Å². The van der Waals surface area contributed by atoms with Crippen LogP contribution in [0, 0.1) is 0 Å². The van der Waals surface area contributed by atoms with Gasteiger partial charge < -0.3 is 9.84 Å². The van der Waals surface area contributed by atoms with Crippen molar-refractivity contribution < 1.29 is 14.6 Å². The highest BCUT2D eigenvalue weighted by Gasteiger charge is 2.10. The fourth-order valence-electron chi connectivity index (χ4n) is 1.39. The summed E-state index contributed by atoms with van der Waals surface area (Å²) in [6, 6.07) is 7.04. The molecule has 86 valence electrons. The zero-order valence-electron chi connectivity index (χ0n) is 9.51. The summed E-state index contributed by atoms with van der Waals surface area (Å²) in [7, 11) is 1.58. The van der Waals surface area contributed by atoms with Crippen molar-refractivity contribution in [3.8, 4) is 5.75 Å². The van der Waals surface area contributed by atoms with Crippen LogP contribution in [0.15, 0.2) is 36.4 Å². The predicted molar refractivity (Wildman–Crippen MR) is 62.4 cm³/mol. The summed E-state index contributed by atoms with van der Waals surface area (Å²) in [6.45, 7) is 1.78. The molecule has 0 saturated carbocycles. The van der Waals surface area contributed by atoms with Crippen molar-refractivity contribution in [1.29, 1.82) is 0 Å². The van der Waals surface area contributed by atoms with Crippen LogP contribution >= 0.6 is 0 Å². The standard InChI is InChI=1S/C13H16O3/c1-3-4-11(14)9-13(15)10-5-7-12(16-2)8-6-10/h3-8,13,15H,9H2,1-2H3/b4-3+. The molecule has 1 N–H and O–H groups in total. The highest BCUT2D eigenvalue weighted by molar-refractivity contribution is 5.89. The summed E-state index contributed by atoms with van der Waals surface area (Å²) in [5, 5.41) is 9.79. The van der Waals surface area contributed by atoms with Gasteiger partial charge in [0.05, 0.1) is 13.2 Å². The minimum atomic E-state index is -0.755. The number of methoxy groups -OCH3 is 1. The Morgan fingerprint density at radius 3 is 2.56 bits per heavy atom. The van der Waals surface area contributed by atoms with Gasteiger partial charge in [0.2, 0.25) is 0 Å². The van der Waals surface area contributed by atoms with Gasteiger partial charge in [0.25, 0.3) is 0 Å². The summed E-state index contributed by atoms with van der Waals surface area (Å²) in [5.74, 6) is 0.654. The van der Waals surface area contributed by atoms with Gasteiger partial charge in [-0.25, -0.2) is 0 Å². The maximum atomic E-state index is 11.3. The van der Waals surface area contributed by atoms with Crippen LogP contribution in [0.1, 0.15) is 25.0 Å². The molecule has 0 aliphatic carbocycles. The zero-order chi connectivity index (χ0) is 12.0. The maximum absolute atomic E-state index is 11.3. The Bertz CT molecular complexity index is 365. The van der Waals surface area contributed by atoms with E-state index in [0.29, 0.717) is 0 Å². The summed E-state index contributed by atoms with van der Waals surface area (Å²) < 4.78 is 5.01. The Morgan fingerprint density at radius 1 is 1.44 bits per heavy atom. The van der Waals surface area contributed by atoms with E-state index in [4.69, 9.17) is 4.74 Å². The predicted octanol–water partition coefficient (Wildman–Crippen LogP) is 2.26. The normalized spacial score (nSPS) is 12.7. The van der Waals surface area contributed by atoms with Crippen molar-refractivity contribution in [2.45, 2.75) is 19.4 Å². The lowest BCUT2D eigenvalue weighted by molar-refractivity contribution is -0.116. The number of ketones is 1. The average molecular weight is 220 g/mol. The van der Waals surface area contributed by atoms with E-state index in [1.807, 2.05) is 0 Å². The Kier molecular flexibility index (Phi) is 4.73. The third-order valence-corrected chi connectivity index (χ3v) is 2.25. The van der Waals surface area contributed by atoms with Gasteiger partial charge in [-0.15, -0.1) is 0 Å². The molecule has 0 saturated heterocycles. The van der Waals surface area contributed by atoms with Gasteiger partial charge in [-0.1, -0.05) is 18.2 Å². The van der Waals surface area contributed by atoms with Gasteiger partial charge >= 0.3 is 0 Å². The topological polar surface area (TPSA) is 46.5 Å². The van der Waals surface area contributed by atoms with E-state index in [0.717, 1.165) is 11.3 Å². The second kappa shape index (κ2) is 6.08. The van der Waals surface area contributed by atoms with Crippen LogP contribution in [-0.2, 0) is 4.79 Å². The summed E-state index contributed by atoms with van der Waals surface area (Å²) >= 11 is 0. The number of ether oxygens (including phenoxy) is 1. The molecule has 0 spiro atoms. The monoisotopic (exact) mass is 220 g/mol. The van der Waals surface area contributed by atoms with E-state index in [9.17, 15) is 9.90 Å². The first-order chi connectivity index (χ1) is 7.67. The van der Waals surface area contributed by atoms with Crippen molar-refractivity contribution in [2.24, 2.45) is 0 Å². The minimum absolute atomic E-state index is 0.0779. The number of allylic oxidation sites excluding steroid dienone is 2. The Morgan fingerprint density at radius 2 is 2.06 bits per heavy atom. The molecular weight excluding hydrogens is 204 g/mol. The van der Waals surface area contributed by atoms with E-state index < -0.39 is 6.10 Å². The van der Waals surface area contributed by atoms with Crippen LogP contribution in [0.3, 0.4) is 0 Å². The van der Waals surface area contributed by atoms with Crippen LogP contribution in [0.4, 0.5) is 0 Å². The van der Waals surface area contributed by atoms with E-state index in [2.05, 4.69) is 0 Å². The molecule has 3 nitrogen and oxygen atoms in total. The molecule has 0 bridgehead atoms. The molecule has 0 radical (unpaired) electrons.